The quantitative estimate of drug-likeness (QED) is 0.118. The molecule has 0 aromatic heterocycles. The standard InChI is InChI=1S/C42H54N2O5/c1-6-43(7-2)27-37-28-44(41(45)49-42(3,4)5)29-39(48-31-33-18-19-34-16-11-12-17-36(34)26-33)40(37)35-20-22-38(23-21-35)47-25-13-24-46-30-32-14-9-8-10-15-32/h8-12,14-23,26,37,39-40H,6-7,13,24-25,27-31H2,1-5H3. The van der Waals surface area contributed by atoms with Gasteiger partial charge >= 0.3 is 6.09 Å². The van der Waals surface area contributed by atoms with Gasteiger partial charge in [-0.25, -0.2) is 4.79 Å². The molecule has 4 aromatic rings. The summed E-state index contributed by atoms with van der Waals surface area (Å²) in [4.78, 5) is 17.8. The van der Waals surface area contributed by atoms with E-state index in [0.717, 1.165) is 37.4 Å². The third-order valence-corrected chi connectivity index (χ3v) is 9.16. The maximum absolute atomic E-state index is 13.5. The van der Waals surface area contributed by atoms with Crippen LogP contribution in [0.25, 0.3) is 10.8 Å². The van der Waals surface area contributed by atoms with Crippen LogP contribution in [-0.2, 0) is 27.4 Å². The molecule has 1 fully saturated rings. The molecular formula is C42H54N2O5. The molecule has 1 heterocycles. The van der Waals surface area contributed by atoms with Gasteiger partial charge in [-0.05, 0) is 85.4 Å². The maximum atomic E-state index is 13.5. The number of likely N-dealkylation sites (tertiary alicyclic amines) is 1. The van der Waals surface area contributed by atoms with Crippen LogP contribution < -0.4 is 4.74 Å². The molecule has 0 saturated carbocycles. The number of carbonyl (C=O) groups excluding carboxylic acids is 1. The average molecular weight is 667 g/mol. The number of benzene rings is 4. The fourth-order valence-corrected chi connectivity index (χ4v) is 6.64. The number of rotatable bonds is 15. The molecule has 3 unspecified atom stereocenters. The van der Waals surface area contributed by atoms with Crippen LogP contribution in [0.4, 0.5) is 4.79 Å². The van der Waals surface area contributed by atoms with Crippen molar-refractivity contribution in [3.63, 3.8) is 0 Å². The maximum Gasteiger partial charge on any atom is 0.410 e. The lowest BCUT2D eigenvalue weighted by atomic mass is 9.78. The summed E-state index contributed by atoms with van der Waals surface area (Å²) in [7, 11) is 0. The molecule has 0 radical (unpaired) electrons. The minimum atomic E-state index is -0.576. The van der Waals surface area contributed by atoms with Crippen LogP contribution >= 0.6 is 0 Å². The summed E-state index contributed by atoms with van der Waals surface area (Å²) in [5, 5.41) is 2.40. The predicted molar refractivity (Wildman–Crippen MR) is 197 cm³/mol. The highest BCUT2D eigenvalue weighted by Gasteiger charge is 2.42. The van der Waals surface area contributed by atoms with Crippen molar-refractivity contribution in [1.29, 1.82) is 0 Å². The molecule has 7 nitrogen and oxygen atoms in total. The summed E-state index contributed by atoms with van der Waals surface area (Å²) in [6, 6.07) is 33.6. The van der Waals surface area contributed by atoms with E-state index in [-0.39, 0.29) is 24.0 Å². The number of hydrogen-bond donors (Lipinski definition) is 0. The van der Waals surface area contributed by atoms with Crippen LogP contribution in [-0.4, -0.2) is 73.5 Å². The molecule has 0 N–H and O–H groups in total. The number of hydrogen-bond acceptors (Lipinski definition) is 6. The first-order valence-corrected chi connectivity index (χ1v) is 17.9. The van der Waals surface area contributed by atoms with Crippen molar-refractivity contribution < 1.29 is 23.7 Å². The molecule has 1 saturated heterocycles. The van der Waals surface area contributed by atoms with Crippen molar-refractivity contribution in [3.05, 3.63) is 114 Å². The van der Waals surface area contributed by atoms with Crippen LogP contribution in [0.3, 0.4) is 0 Å². The van der Waals surface area contributed by atoms with Gasteiger partial charge in [0.05, 0.1) is 39.1 Å². The summed E-state index contributed by atoms with van der Waals surface area (Å²) in [5.41, 5.74) is 2.91. The van der Waals surface area contributed by atoms with Crippen LogP contribution in [0.15, 0.2) is 97.1 Å². The highest BCUT2D eigenvalue weighted by Crippen LogP contribution is 2.37. The first-order valence-electron chi connectivity index (χ1n) is 17.9. The minimum Gasteiger partial charge on any atom is -0.494 e. The van der Waals surface area contributed by atoms with Gasteiger partial charge in [0, 0.05) is 25.4 Å². The Morgan fingerprint density at radius 3 is 2.22 bits per heavy atom. The molecule has 262 valence electrons. The van der Waals surface area contributed by atoms with Gasteiger partial charge in [-0.2, -0.15) is 0 Å². The van der Waals surface area contributed by atoms with Crippen molar-refractivity contribution in [2.75, 3.05) is 45.9 Å². The number of piperidine rings is 1. The smallest absolute Gasteiger partial charge is 0.410 e. The van der Waals surface area contributed by atoms with E-state index in [1.807, 2.05) is 43.9 Å². The van der Waals surface area contributed by atoms with Gasteiger partial charge in [0.15, 0.2) is 0 Å². The second-order valence-electron chi connectivity index (χ2n) is 14.0. The molecule has 1 aliphatic rings. The first-order chi connectivity index (χ1) is 23.7. The predicted octanol–water partition coefficient (Wildman–Crippen LogP) is 8.70. The van der Waals surface area contributed by atoms with E-state index in [1.54, 1.807) is 0 Å². The van der Waals surface area contributed by atoms with Crippen molar-refractivity contribution >= 4 is 16.9 Å². The van der Waals surface area contributed by atoms with Gasteiger partial charge in [0.1, 0.15) is 11.4 Å². The Morgan fingerprint density at radius 1 is 0.796 bits per heavy atom. The van der Waals surface area contributed by atoms with E-state index in [0.29, 0.717) is 39.5 Å². The van der Waals surface area contributed by atoms with Gasteiger partial charge in [-0.1, -0.05) is 92.7 Å². The highest BCUT2D eigenvalue weighted by molar-refractivity contribution is 5.82. The molecule has 1 aliphatic heterocycles. The van der Waals surface area contributed by atoms with E-state index < -0.39 is 5.60 Å². The van der Waals surface area contributed by atoms with Crippen molar-refractivity contribution in [3.8, 4) is 5.75 Å². The van der Waals surface area contributed by atoms with Gasteiger partial charge in [-0.15, -0.1) is 0 Å². The van der Waals surface area contributed by atoms with Gasteiger partial charge in [-0.3, -0.25) is 0 Å². The van der Waals surface area contributed by atoms with Crippen LogP contribution in [0.2, 0.25) is 0 Å². The van der Waals surface area contributed by atoms with Crippen molar-refractivity contribution in [2.24, 2.45) is 5.92 Å². The summed E-state index contributed by atoms with van der Waals surface area (Å²) in [6.45, 7) is 16.2. The lowest BCUT2D eigenvalue weighted by Crippen LogP contribution is -2.54. The van der Waals surface area contributed by atoms with E-state index in [1.165, 1.54) is 21.9 Å². The second-order valence-corrected chi connectivity index (χ2v) is 14.0. The largest absolute Gasteiger partial charge is 0.494 e. The van der Waals surface area contributed by atoms with E-state index in [9.17, 15) is 4.79 Å². The number of carbonyl (C=O) groups is 1. The monoisotopic (exact) mass is 666 g/mol. The van der Waals surface area contributed by atoms with Crippen molar-refractivity contribution in [2.45, 2.75) is 71.9 Å². The molecule has 0 aliphatic carbocycles. The molecule has 0 spiro atoms. The Bertz CT molecular complexity index is 1580. The topological polar surface area (TPSA) is 60.5 Å². The zero-order chi connectivity index (χ0) is 34.6. The highest BCUT2D eigenvalue weighted by atomic mass is 16.6. The van der Waals surface area contributed by atoms with E-state index in [2.05, 4.69) is 97.6 Å². The fourth-order valence-electron chi connectivity index (χ4n) is 6.64. The van der Waals surface area contributed by atoms with Gasteiger partial charge in [0.25, 0.3) is 0 Å². The van der Waals surface area contributed by atoms with Crippen LogP contribution in [0, 0.1) is 5.92 Å². The molecule has 0 bridgehead atoms. The number of fused-ring (bicyclic) bond motifs is 1. The number of amides is 1. The van der Waals surface area contributed by atoms with Crippen molar-refractivity contribution in [1.82, 2.24) is 9.80 Å². The molecule has 5 rings (SSSR count). The third-order valence-electron chi connectivity index (χ3n) is 9.16. The lowest BCUT2D eigenvalue weighted by molar-refractivity contribution is -0.0567. The zero-order valence-electron chi connectivity index (χ0n) is 30.0. The zero-order valence-corrected chi connectivity index (χ0v) is 30.0. The SMILES string of the molecule is CCN(CC)CC1CN(C(=O)OC(C)(C)C)CC(OCc2ccc3ccccc3c2)C1c1ccc(OCCCOCc2ccccc2)cc1. The van der Waals surface area contributed by atoms with Gasteiger partial charge < -0.3 is 28.7 Å². The third kappa shape index (κ3) is 10.8. The minimum absolute atomic E-state index is 0.0835. The lowest BCUT2D eigenvalue weighted by Gasteiger charge is -2.45. The average Bonchev–Trinajstić information content (AvgIpc) is 3.11. The van der Waals surface area contributed by atoms with Crippen LogP contribution in [0.5, 0.6) is 5.75 Å². The van der Waals surface area contributed by atoms with Gasteiger partial charge in [0.2, 0.25) is 0 Å². The Labute approximate surface area is 293 Å². The molecule has 49 heavy (non-hydrogen) atoms. The Hall–Kier alpha value is -3.91. The Balaban J connectivity index is 1.31. The summed E-state index contributed by atoms with van der Waals surface area (Å²) < 4.78 is 24.6. The molecule has 3 atom stereocenters. The molecule has 4 aromatic carbocycles. The van der Waals surface area contributed by atoms with E-state index >= 15 is 0 Å². The normalized spacial score (nSPS) is 18.2. The Morgan fingerprint density at radius 2 is 1.51 bits per heavy atom. The Kier molecular flexibility index (Phi) is 13.1. The number of nitrogens with zero attached hydrogens (tertiary/aromatic N) is 2. The molecule has 1 amide bonds. The van der Waals surface area contributed by atoms with E-state index in [4.69, 9.17) is 18.9 Å². The fraction of sp³-hybridized carbons (Fsp3) is 0.452. The second kappa shape index (κ2) is 17.7. The summed E-state index contributed by atoms with van der Waals surface area (Å²) in [5.74, 6) is 1.07. The number of ether oxygens (including phenoxy) is 4. The summed E-state index contributed by atoms with van der Waals surface area (Å²) in [6.07, 6.45) is 0.307. The first kappa shape index (κ1) is 36.4. The molecule has 7 heteroatoms. The van der Waals surface area contributed by atoms with Crippen LogP contribution in [0.1, 0.15) is 63.6 Å². The molecular weight excluding hydrogens is 612 g/mol. The summed E-state index contributed by atoms with van der Waals surface area (Å²) >= 11 is 0.